The minimum absolute atomic E-state index is 0.387. The summed E-state index contributed by atoms with van der Waals surface area (Å²) < 4.78 is 5.93. The van der Waals surface area contributed by atoms with Crippen LogP contribution >= 0.6 is 0 Å². The van der Waals surface area contributed by atoms with Gasteiger partial charge in [-0.25, -0.2) is 0 Å². The number of ether oxygens (including phenoxy) is 1. The van der Waals surface area contributed by atoms with Crippen LogP contribution in [0.3, 0.4) is 0 Å². The molecule has 2 heterocycles. The Hall–Kier alpha value is -0.0800. The molecule has 3 fully saturated rings. The lowest BCUT2D eigenvalue weighted by Gasteiger charge is -2.49. The summed E-state index contributed by atoms with van der Waals surface area (Å²) in [5, 5.41) is 0. The molecule has 2 nitrogen and oxygen atoms in total. The Morgan fingerprint density at radius 3 is 2.32 bits per heavy atom. The number of piperidine rings is 2. The van der Waals surface area contributed by atoms with Gasteiger partial charge in [-0.1, -0.05) is 13.3 Å². The highest BCUT2D eigenvalue weighted by Crippen LogP contribution is 2.49. The van der Waals surface area contributed by atoms with Gasteiger partial charge in [-0.3, -0.25) is 4.90 Å². The molecule has 1 saturated carbocycles. The molecule has 0 N–H and O–H groups in total. The molecule has 0 amide bonds. The minimum Gasteiger partial charge on any atom is -0.378 e. The van der Waals surface area contributed by atoms with Gasteiger partial charge >= 0.3 is 0 Å². The maximum absolute atomic E-state index is 5.93. The molecule has 2 unspecified atom stereocenters. The third-order valence-electron chi connectivity index (χ3n) is 5.56. The quantitative estimate of drug-likeness (QED) is 0.749. The first-order chi connectivity index (χ1) is 9.08. The lowest BCUT2D eigenvalue weighted by atomic mass is 9.78. The lowest BCUT2D eigenvalue weighted by Crippen LogP contribution is -2.54. The lowest BCUT2D eigenvalue weighted by molar-refractivity contribution is -0.0238. The molecule has 0 aromatic heterocycles. The summed E-state index contributed by atoms with van der Waals surface area (Å²) in [6.07, 6.45) is 10.4. The minimum atomic E-state index is 0.387. The van der Waals surface area contributed by atoms with Crippen molar-refractivity contribution in [2.24, 2.45) is 11.3 Å². The summed E-state index contributed by atoms with van der Waals surface area (Å²) in [4.78, 5) is 2.89. The molecule has 2 saturated heterocycles. The Kier molecular flexibility index (Phi) is 3.92. The molecule has 1 aliphatic carbocycles. The van der Waals surface area contributed by atoms with Crippen molar-refractivity contribution in [2.45, 2.75) is 83.9 Å². The van der Waals surface area contributed by atoms with Crippen LogP contribution in [0.25, 0.3) is 0 Å². The van der Waals surface area contributed by atoms with Crippen LogP contribution in [0.2, 0.25) is 0 Å². The third kappa shape index (κ3) is 3.16. The van der Waals surface area contributed by atoms with Gasteiger partial charge < -0.3 is 4.74 Å². The summed E-state index contributed by atoms with van der Waals surface area (Å²) in [5.41, 5.74) is 0.526. The summed E-state index contributed by atoms with van der Waals surface area (Å²) >= 11 is 0. The van der Waals surface area contributed by atoms with Crippen molar-refractivity contribution in [3.05, 3.63) is 0 Å². The Balaban J connectivity index is 1.60. The maximum atomic E-state index is 5.93. The van der Waals surface area contributed by atoms with Gasteiger partial charge in [0.15, 0.2) is 0 Å². The molecular formula is C17H31NO. The third-order valence-corrected chi connectivity index (χ3v) is 5.56. The summed E-state index contributed by atoms with van der Waals surface area (Å²) in [5.74, 6) is 0.952. The van der Waals surface area contributed by atoms with Gasteiger partial charge in [0.2, 0.25) is 0 Å². The first-order valence-corrected chi connectivity index (χ1v) is 8.45. The Morgan fingerprint density at radius 1 is 1.16 bits per heavy atom. The van der Waals surface area contributed by atoms with Crippen LogP contribution in [0.4, 0.5) is 0 Å². The fraction of sp³-hybridized carbons (Fsp3) is 1.00. The summed E-state index contributed by atoms with van der Waals surface area (Å²) in [6, 6.07) is 1.78. The number of hydrogen-bond acceptors (Lipinski definition) is 2. The highest BCUT2D eigenvalue weighted by atomic mass is 16.5. The van der Waals surface area contributed by atoms with E-state index in [2.05, 4.69) is 25.7 Å². The van der Waals surface area contributed by atoms with E-state index in [9.17, 15) is 0 Å². The number of fused-ring (bicyclic) bond motifs is 2. The Bertz CT molecular complexity index is 296. The molecule has 2 aliphatic heterocycles. The average Bonchev–Trinajstić information content (AvgIpc) is 3.08. The molecule has 0 radical (unpaired) electrons. The predicted octanol–water partition coefficient (Wildman–Crippen LogP) is 3.84. The highest BCUT2D eigenvalue weighted by molar-refractivity contribution is 5.01. The molecule has 110 valence electrons. The molecule has 2 heteroatoms. The monoisotopic (exact) mass is 265 g/mol. The van der Waals surface area contributed by atoms with Crippen molar-refractivity contribution in [3.63, 3.8) is 0 Å². The average molecular weight is 265 g/mol. The van der Waals surface area contributed by atoms with E-state index in [4.69, 9.17) is 4.74 Å². The standard InChI is InChI=1S/C17H31NO/c1-13(2)19-12-17(7-8-17)11-18-15-5-4-6-16(18)10-14(3)9-15/h13-16H,4-12H2,1-3H3. The molecule has 3 rings (SSSR count). The van der Waals surface area contributed by atoms with Crippen LogP contribution in [-0.4, -0.2) is 36.2 Å². The number of hydrogen-bond donors (Lipinski definition) is 0. The second-order valence-electron chi connectivity index (χ2n) is 7.85. The number of nitrogens with zero attached hydrogens (tertiary/aromatic N) is 1. The van der Waals surface area contributed by atoms with Gasteiger partial charge in [-0.05, 0) is 58.3 Å². The van der Waals surface area contributed by atoms with Crippen LogP contribution in [0, 0.1) is 11.3 Å². The van der Waals surface area contributed by atoms with E-state index in [-0.39, 0.29) is 0 Å². The van der Waals surface area contributed by atoms with Gasteiger partial charge in [0.25, 0.3) is 0 Å². The van der Waals surface area contributed by atoms with Gasteiger partial charge in [0.1, 0.15) is 0 Å². The van der Waals surface area contributed by atoms with E-state index in [1.54, 1.807) is 0 Å². The van der Waals surface area contributed by atoms with Crippen molar-refractivity contribution >= 4 is 0 Å². The fourth-order valence-corrected chi connectivity index (χ4v) is 4.26. The smallest absolute Gasteiger partial charge is 0.0538 e. The van der Waals surface area contributed by atoms with Crippen molar-refractivity contribution in [1.82, 2.24) is 4.90 Å². The van der Waals surface area contributed by atoms with Crippen LogP contribution < -0.4 is 0 Å². The topological polar surface area (TPSA) is 12.5 Å². The molecule has 0 spiro atoms. The normalized spacial score (nSPS) is 37.6. The van der Waals surface area contributed by atoms with Gasteiger partial charge in [-0.2, -0.15) is 0 Å². The molecule has 3 aliphatic rings. The van der Waals surface area contributed by atoms with E-state index in [0.717, 1.165) is 24.6 Å². The molecule has 0 aromatic carbocycles. The Labute approximate surface area is 118 Å². The van der Waals surface area contributed by atoms with Crippen LogP contribution in [0.1, 0.15) is 65.7 Å². The predicted molar refractivity (Wildman–Crippen MR) is 79.3 cm³/mol. The fourth-order valence-electron chi connectivity index (χ4n) is 4.26. The summed E-state index contributed by atoms with van der Waals surface area (Å²) in [7, 11) is 0. The van der Waals surface area contributed by atoms with Gasteiger partial charge in [-0.15, -0.1) is 0 Å². The van der Waals surface area contributed by atoms with E-state index in [1.165, 1.54) is 51.5 Å². The zero-order valence-corrected chi connectivity index (χ0v) is 13.0. The molecular weight excluding hydrogens is 234 g/mol. The highest BCUT2D eigenvalue weighted by Gasteiger charge is 2.48. The van der Waals surface area contributed by atoms with Crippen LogP contribution in [0.5, 0.6) is 0 Å². The molecule has 19 heavy (non-hydrogen) atoms. The van der Waals surface area contributed by atoms with Crippen LogP contribution in [-0.2, 0) is 4.74 Å². The summed E-state index contributed by atoms with van der Waals surface area (Å²) in [6.45, 7) is 9.09. The largest absolute Gasteiger partial charge is 0.378 e. The second-order valence-corrected chi connectivity index (χ2v) is 7.85. The molecule has 2 bridgehead atoms. The van der Waals surface area contributed by atoms with E-state index in [1.807, 2.05) is 0 Å². The zero-order chi connectivity index (χ0) is 13.5. The number of rotatable bonds is 5. The van der Waals surface area contributed by atoms with Crippen molar-refractivity contribution in [1.29, 1.82) is 0 Å². The van der Waals surface area contributed by atoms with Gasteiger partial charge in [0, 0.05) is 24.0 Å². The SMILES string of the molecule is CC1CC2CCCC(C1)N2CC1(COC(C)C)CC1. The van der Waals surface area contributed by atoms with E-state index >= 15 is 0 Å². The van der Waals surface area contributed by atoms with Gasteiger partial charge in [0.05, 0.1) is 12.7 Å². The Morgan fingerprint density at radius 2 is 1.79 bits per heavy atom. The van der Waals surface area contributed by atoms with Crippen LogP contribution in [0.15, 0.2) is 0 Å². The molecule has 0 aromatic rings. The molecule has 2 atom stereocenters. The first-order valence-electron chi connectivity index (χ1n) is 8.45. The van der Waals surface area contributed by atoms with Crippen molar-refractivity contribution < 1.29 is 4.74 Å². The van der Waals surface area contributed by atoms with Crippen molar-refractivity contribution in [2.75, 3.05) is 13.2 Å². The second kappa shape index (κ2) is 5.37. The zero-order valence-electron chi connectivity index (χ0n) is 13.0. The van der Waals surface area contributed by atoms with E-state index < -0.39 is 0 Å². The maximum Gasteiger partial charge on any atom is 0.0538 e. The van der Waals surface area contributed by atoms with Crippen molar-refractivity contribution in [3.8, 4) is 0 Å². The first kappa shape index (κ1) is 13.9. The van der Waals surface area contributed by atoms with E-state index in [0.29, 0.717) is 11.5 Å².